The highest BCUT2D eigenvalue weighted by molar-refractivity contribution is 5.48. The molecule has 41 heavy (non-hydrogen) atoms. The molecule has 0 fully saturated rings. The number of anilines is 2. The summed E-state index contributed by atoms with van der Waals surface area (Å²) >= 11 is 0. The Morgan fingerprint density at radius 1 is 0.415 bits per heavy atom. The minimum absolute atomic E-state index is 0.984. The number of unbranched alkanes of at least 4 members (excludes halogenated alkanes) is 5. The van der Waals surface area contributed by atoms with Crippen molar-refractivity contribution in [1.82, 2.24) is 10.6 Å². The molecule has 0 atom stereocenters. The van der Waals surface area contributed by atoms with Gasteiger partial charge in [0.25, 0.3) is 0 Å². The highest BCUT2D eigenvalue weighted by Gasteiger charge is 2.07. The van der Waals surface area contributed by atoms with E-state index in [1.807, 2.05) is 0 Å². The van der Waals surface area contributed by atoms with Crippen LogP contribution >= 0.6 is 0 Å². The van der Waals surface area contributed by atoms with Gasteiger partial charge >= 0.3 is 0 Å². The fraction of sp³-hybridized carbons (Fsp3) is 0.676. The Labute approximate surface area is 255 Å². The summed E-state index contributed by atoms with van der Waals surface area (Å²) in [6, 6.07) is 18.2. The lowest BCUT2D eigenvalue weighted by atomic mass is 10.1. The Kier molecular flexibility index (Phi) is 23.1. The third-order valence-electron chi connectivity index (χ3n) is 7.49. The van der Waals surface area contributed by atoms with E-state index in [1.54, 1.807) is 0 Å². The zero-order valence-corrected chi connectivity index (χ0v) is 27.9. The van der Waals surface area contributed by atoms with Crippen molar-refractivity contribution in [2.45, 2.75) is 125 Å². The molecule has 0 spiro atoms. The minimum Gasteiger partial charge on any atom is -0.372 e. The van der Waals surface area contributed by atoms with Crippen molar-refractivity contribution in [2.24, 2.45) is 0 Å². The largest absolute Gasteiger partial charge is 0.372 e. The summed E-state index contributed by atoms with van der Waals surface area (Å²) in [5.74, 6) is 0. The number of benzene rings is 2. The minimum atomic E-state index is 0.984. The van der Waals surface area contributed by atoms with Crippen LogP contribution in [0.1, 0.15) is 123 Å². The van der Waals surface area contributed by atoms with Crippen molar-refractivity contribution in [3.63, 3.8) is 0 Å². The molecule has 2 rings (SSSR count). The third-order valence-corrected chi connectivity index (χ3v) is 7.49. The summed E-state index contributed by atoms with van der Waals surface area (Å²) in [6.45, 7) is 22.4. The molecule has 234 valence electrons. The first-order valence-electron chi connectivity index (χ1n) is 17.2. The maximum Gasteiger partial charge on any atom is 0.0366 e. The molecule has 0 aliphatic heterocycles. The highest BCUT2D eigenvalue weighted by Crippen LogP contribution is 2.18. The van der Waals surface area contributed by atoms with E-state index < -0.39 is 0 Å². The molecule has 0 saturated carbocycles. The van der Waals surface area contributed by atoms with Crippen molar-refractivity contribution in [1.29, 1.82) is 0 Å². The number of rotatable bonds is 23. The summed E-state index contributed by atoms with van der Waals surface area (Å²) in [7, 11) is 0. The van der Waals surface area contributed by atoms with E-state index in [9.17, 15) is 0 Å². The Hall–Kier alpha value is -2.04. The van der Waals surface area contributed by atoms with Gasteiger partial charge in [0.1, 0.15) is 0 Å². The number of hydrogen-bond acceptors (Lipinski definition) is 4. The smallest absolute Gasteiger partial charge is 0.0366 e. The molecule has 0 aliphatic carbocycles. The van der Waals surface area contributed by atoms with E-state index in [0.717, 1.165) is 26.2 Å². The van der Waals surface area contributed by atoms with E-state index in [2.05, 4.69) is 111 Å². The van der Waals surface area contributed by atoms with Crippen LogP contribution in [0.2, 0.25) is 0 Å². The maximum atomic E-state index is 3.46. The van der Waals surface area contributed by atoms with E-state index in [0.29, 0.717) is 0 Å². The second-order valence-electron chi connectivity index (χ2n) is 11.4. The van der Waals surface area contributed by atoms with Gasteiger partial charge in [0.15, 0.2) is 0 Å². The van der Waals surface area contributed by atoms with Crippen LogP contribution in [-0.4, -0.2) is 39.3 Å². The summed E-state index contributed by atoms with van der Waals surface area (Å²) in [5.41, 5.74) is 5.54. The van der Waals surface area contributed by atoms with Gasteiger partial charge in [0.2, 0.25) is 0 Å². The molecular formula is C37H66N4. The topological polar surface area (TPSA) is 30.5 Å². The molecule has 2 aromatic carbocycles. The molecule has 0 amide bonds. The maximum absolute atomic E-state index is 3.46. The quantitative estimate of drug-likeness (QED) is 0.131. The zero-order valence-electron chi connectivity index (χ0n) is 27.9. The lowest BCUT2D eigenvalue weighted by Crippen LogP contribution is -2.25. The molecule has 0 bridgehead atoms. The first-order chi connectivity index (χ1) is 20.1. The van der Waals surface area contributed by atoms with Crippen molar-refractivity contribution >= 4 is 11.4 Å². The highest BCUT2D eigenvalue weighted by atomic mass is 15.1. The summed E-state index contributed by atoms with van der Waals surface area (Å²) in [4.78, 5) is 5.10. The van der Waals surface area contributed by atoms with Crippen LogP contribution in [0.5, 0.6) is 0 Å². The number of nitrogens with zero attached hydrogens (tertiary/aromatic N) is 2. The van der Waals surface area contributed by atoms with Gasteiger partial charge < -0.3 is 20.4 Å². The Morgan fingerprint density at radius 2 is 0.756 bits per heavy atom. The molecule has 4 heteroatoms. The molecule has 4 nitrogen and oxygen atoms in total. The molecule has 0 unspecified atom stereocenters. The molecule has 0 radical (unpaired) electrons. The Balaban J connectivity index is 0.000000410. The Morgan fingerprint density at radius 3 is 1.07 bits per heavy atom. The summed E-state index contributed by atoms with van der Waals surface area (Å²) in [6.07, 6.45) is 14.0. The van der Waals surface area contributed by atoms with E-state index in [4.69, 9.17) is 0 Å². The molecular weight excluding hydrogens is 500 g/mol. The van der Waals surface area contributed by atoms with Gasteiger partial charge in [-0.15, -0.1) is 0 Å². The molecule has 0 heterocycles. The average Bonchev–Trinajstić information content (AvgIpc) is 3.00. The van der Waals surface area contributed by atoms with Crippen molar-refractivity contribution in [2.75, 3.05) is 49.1 Å². The van der Waals surface area contributed by atoms with Crippen LogP contribution in [-0.2, 0) is 13.1 Å². The van der Waals surface area contributed by atoms with Crippen molar-refractivity contribution in [3.05, 3.63) is 59.7 Å². The van der Waals surface area contributed by atoms with Crippen LogP contribution < -0.4 is 20.4 Å². The second-order valence-corrected chi connectivity index (χ2v) is 11.4. The van der Waals surface area contributed by atoms with Gasteiger partial charge in [-0.3, -0.25) is 0 Å². The fourth-order valence-electron chi connectivity index (χ4n) is 4.81. The first kappa shape index (κ1) is 37.0. The predicted octanol–water partition coefficient (Wildman–Crippen LogP) is 9.58. The lowest BCUT2D eigenvalue weighted by molar-refractivity contribution is 0.652. The van der Waals surface area contributed by atoms with Gasteiger partial charge in [0, 0.05) is 50.6 Å². The van der Waals surface area contributed by atoms with Crippen LogP contribution in [0.4, 0.5) is 11.4 Å². The van der Waals surface area contributed by atoms with Crippen LogP contribution in [0.15, 0.2) is 48.5 Å². The lowest BCUT2D eigenvalue weighted by Gasteiger charge is -2.25. The molecule has 2 aromatic rings. The van der Waals surface area contributed by atoms with Gasteiger partial charge in [-0.05, 0) is 87.0 Å². The van der Waals surface area contributed by atoms with Crippen LogP contribution in [0, 0.1) is 0 Å². The van der Waals surface area contributed by atoms with E-state index in [-0.39, 0.29) is 0 Å². The standard InChI is InChI=1S/C19H34N2.C18H32N2/c1-4-7-9-16-21(15-8-5-2)19-12-10-18(11-13-19)17-20-14-6-3;1-4-7-14-20(15-8-5-2)18-11-9-17(10-12-18)16-19-13-6-3/h10-13,20H,4-9,14-17H2,1-3H3;9-12,19H,4-8,13-16H2,1-3H3. The normalized spacial score (nSPS) is 10.8. The predicted molar refractivity (Wildman–Crippen MR) is 186 cm³/mol. The van der Waals surface area contributed by atoms with Gasteiger partial charge in [-0.1, -0.05) is 97.9 Å². The number of nitrogens with one attached hydrogen (secondary N) is 2. The molecule has 0 aliphatic rings. The van der Waals surface area contributed by atoms with Gasteiger partial charge in [-0.2, -0.15) is 0 Å². The van der Waals surface area contributed by atoms with Crippen molar-refractivity contribution in [3.8, 4) is 0 Å². The summed E-state index contributed by atoms with van der Waals surface area (Å²) in [5, 5.41) is 6.92. The van der Waals surface area contributed by atoms with E-state index in [1.165, 1.54) is 119 Å². The SMILES string of the molecule is CCCCCN(CCCC)c1ccc(CNCCC)cc1.CCCCN(CCCC)c1ccc(CNCCC)cc1. The van der Waals surface area contributed by atoms with Gasteiger partial charge in [-0.25, -0.2) is 0 Å². The van der Waals surface area contributed by atoms with Crippen LogP contribution in [0.3, 0.4) is 0 Å². The summed E-state index contributed by atoms with van der Waals surface area (Å²) < 4.78 is 0. The van der Waals surface area contributed by atoms with Crippen LogP contribution in [0.25, 0.3) is 0 Å². The van der Waals surface area contributed by atoms with E-state index >= 15 is 0 Å². The average molecular weight is 567 g/mol. The Bertz CT molecular complexity index is 810. The van der Waals surface area contributed by atoms with Gasteiger partial charge in [0.05, 0.1) is 0 Å². The van der Waals surface area contributed by atoms with Crippen molar-refractivity contribution < 1.29 is 0 Å². The molecule has 0 saturated heterocycles. The zero-order chi connectivity index (χ0) is 30.0. The number of hydrogen-bond donors (Lipinski definition) is 2. The fourth-order valence-corrected chi connectivity index (χ4v) is 4.81. The third kappa shape index (κ3) is 17.5. The molecule has 2 N–H and O–H groups in total. The monoisotopic (exact) mass is 567 g/mol. The first-order valence-corrected chi connectivity index (χ1v) is 17.2. The molecule has 0 aromatic heterocycles. The second kappa shape index (κ2) is 25.7.